The first-order valence-electron chi connectivity index (χ1n) is 9.01. The van der Waals surface area contributed by atoms with Crippen molar-refractivity contribution in [3.05, 3.63) is 54.1 Å². The van der Waals surface area contributed by atoms with E-state index < -0.39 is 10.0 Å². The summed E-state index contributed by atoms with van der Waals surface area (Å²) in [6.45, 7) is 3.34. The lowest BCUT2D eigenvalue weighted by Crippen LogP contribution is -2.47. The number of nitrogens with zero attached hydrogens (tertiary/aromatic N) is 2. The van der Waals surface area contributed by atoms with Crippen LogP contribution < -0.4 is 9.04 Å². The number of carbonyl (C=O) groups is 1. The van der Waals surface area contributed by atoms with Crippen LogP contribution in [-0.4, -0.2) is 59.2 Å². The summed E-state index contributed by atoms with van der Waals surface area (Å²) in [6.07, 6.45) is 0. The predicted molar refractivity (Wildman–Crippen MR) is 106 cm³/mol. The van der Waals surface area contributed by atoms with Crippen LogP contribution in [0.5, 0.6) is 5.75 Å². The quantitative estimate of drug-likeness (QED) is 0.737. The zero-order chi connectivity index (χ0) is 20.1. The van der Waals surface area contributed by atoms with Crippen LogP contribution in [-0.2, 0) is 19.6 Å². The van der Waals surface area contributed by atoms with Gasteiger partial charge in [0.05, 0.1) is 26.0 Å². The summed E-state index contributed by atoms with van der Waals surface area (Å²) in [7, 11) is -2.60. The summed E-state index contributed by atoms with van der Waals surface area (Å²) in [5.41, 5.74) is 1.21. The van der Waals surface area contributed by atoms with E-state index in [1.807, 2.05) is 6.92 Å². The maximum absolute atomic E-state index is 13.5. The minimum Gasteiger partial charge on any atom is -0.495 e. The van der Waals surface area contributed by atoms with E-state index in [1.165, 1.54) is 7.11 Å². The number of anilines is 1. The van der Waals surface area contributed by atoms with E-state index in [0.29, 0.717) is 32.0 Å². The van der Waals surface area contributed by atoms with Gasteiger partial charge in [0.25, 0.3) is 10.0 Å². The molecule has 8 heteroatoms. The molecule has 0 aromatic heterocycles. The van der Waals surface area contributed by atoms with Crippen molar-refractivity contribution in [3.8, 4) is 5.75 Å². The number of benzene rings is 2. The topological polar surface area (TPSA) is 76.2 Å². The molecule has 1 aliphatic heterocycles. The number of hydrogen-bond donors (Lipinski definition) is 0. The minimum absolute atomic E-state index is 0.0358. The van der Waals surface area contributed by atoms with E-state index >= 15 is 0 Å². The maximum Gasteiger partial charge on any atom is 0.268 e. The summed E-state index contributed by atoms with van der Waals surface area (Å²) < 4.78 is 38.8. The Morgan fingerprint density at radius 2 is 1.82 bits per heavy atom. The predicted octanol–water partition coefficient (Wildman–Crippen LogP) is 2.06. The van der Waals surface area contributed by atoms with E-state index in [0.717, 1.165) is 9.87 Å². The molecule has 28 heavy (non-hydrogen) atoms. The van der Waals surface area contributed by atoms with Gasteiger partial charge < -0.3 is 14.4 Å². The molecule has 0 bridgehead atoms. The SMILES string of the molecule is COc1ccc(C)cc1S(=O)(=O)N(CC(=O)N1CCOCC1)c1ccccc1. The molecule has 0 unspecified atom stereocenters. The number of rotatable bonds is 6. The van der Waals surface area contributed by atoms with E-state index in [4.69, 9.17) is 9.47 Å². The van der Waals surface area contributed by atoms with Crippen molar-refractivity contribution >= 4 is 21.6 Å². The van der Waals surface area contributed by atoms with Crippen LogP contribution >= 0.6 is 0 Å². The molecule has 0 N–H and O–H groups in total. The van der Waals surface area contributed by atoms with E-state index in [2.05, 4.69) is 0 Å². The fourth-order valence-electron chi connectivity index (χ4n) is 3.05. The van der Waals surface area contributed by atoms with Gasteiger partial charge in [-0.2, -0.15) is 0 Å². The fraction of sp³-hybridized carbons (Fsp3) is 0.350. The van der Waals surface area contributed by atoms with Gasteiger partial charge in [-0.3, -0.25) is 9.10 Å². The smallest absolute Gasteiger partial charge is 0.268 e. The van der Waals surface area contributed by atoms with Crippen molar-refractivity contribution in [2.24, 2.45) is 0 Å². The molecule has 0 atom stereocenters. The van der Waals surface area contributed by atoms with Gasteiger partial charge in [-0.05, 0) is 36.8 Å². The molecule has 1 amide bonds. The third-order valence-corrected chi connectivity index (χ3v) is 6.37. The number of morpholine rings is 1. The average Bonchev–Trinajstić information content (AvgIpc) is 2.73. The van der Waals surface area contributed by atoms with Gasteiger partial charge in [0.2, 0.25) is 5.91 Å². The Morgan fingerprint density at radius 3 is 2.46 bits per heavy atom. The molecule has 1 aliphatic rings. The van der Waals surface area contributed by atoms with Crippen molar-refractivity contribution in [2.75, 3.05) is 44.3 Å². The summed E-state index contributed by atoms with van der Waals surface area (Å²) in [6, 6.07) is 13.6. The molecule has 3 rings (SSSR count). The second-order valence-corrected chi connectivity index (χ2v) is 8.33. The number of amides is 1. The summed E-state index contributed by atoms with van der Waals surface area (Å²) in [5.74, 6) is -0.0206. The lowest BCUT2D eigenvalue weighted by Gasteiger charge is -2.30. The Morgan fingerprint density at radius 1 is 1.14 bits per heavy atom. The molecule has 0 saturated carbocycles. The Balaban J connectivity index is 2.01. The zero-order valence-electron chi connectivity index (χ0n) is 16.0. The van der Waals surface area contributed by atoms with Crippen LogP contribution in [0.1, 0.15) is 5.56 Å². The van der Waals surface area contributed by atoms with Gasteiger partial charge in [0.1, 0.15) is 17.2 Å². The number of methoxy groups -OCH3 is 1. The molecule has 7 nitrogen and oxygen atoms in total. The lowest BCUT2D eigenvalue weighted by atomic mass is 10.2. The highest BCUT2D eigenvalue weighted by molar-refractivity contribution is 7.93. The van der Waals surface area contributed by atoms with Crippen molar-refractivity contribution in [1.82, 2.24) is 4.90 Å². The van der Waals surface area contributed by atoms with E-state index in [-0.39, 0.29) is 23.1 Å². The van der Waals surface area contributed by atoms with Crippen molar-refractivity contribution in [3.63, 3.8) is 0 Å². The normalized spacial score (nSPS) is 14.6. The molecule has 0 spiro atoms. The second kappa shape index (κ2) is 8.62. The van der Waals surface area contributed by atoms with Gasteiger partial charge in [0, 0.05) is 13.1 Å². The number of hydrogen-bond acceptors (Lipinski definition) is 5. The van der Waals surface area contributed by atoms with Gasteiger partial charge in [-0.15, -0.1) is 0 Å². The lowest BCUT2D eigenvalue weighted by molar-refractivity contribution is -0.133. The van der Waals surface area contributed by atoms with Crippen LogP contribution in [0.15, 0.2) is 53.4 Å². The first-order valence-corrected chi connectivity index (χ1v) is 10.5. The number of aryl methyl sites for hydroxylation is 1. The Hall–Kier alpha value is -2.58. The van der Waals surface area contributed by atoms with Gasteiger partial charge in [-0.1, -0.05) is 24.3 Å². The summed E-state index contributed by atoms with van der Waals surface area (Å²) >= 11 is 0. The molecular weight excluding hydrogens is 380 g/mol. The van der Waals surface area contributed by atoms with E-state index in [1.54, 1.807) is 53.4 Å². The molecule has 1 fully saturated rings. The molecule has 1 heterocycles. The Bertz CT molecular complexity index is 925. The summed E-state index contributed by atoms with van der Waals surface area (Å²) in [5, 5.41) is 0. The highest BCUT2D eigenvalue weighted by atomic mass is 32.2. The van der Waals surface area contributed by atoms with Crippen molar-refractivity contribution in [1.29, 1.82) is 0 Å². The maximum atomic E-state index is 13.5. The van der Waals surface area contributed by atoms with Crippen LogP contribution in [0, 0.1) is 6.92 Å². The second-order valence-electron chi connectivity index (χ2n) is 6.49. The van der Waals surface area contributed by atoms with Crippen LogP contribution in [0.4, 0.5) is 5.69 Å². The number of ether oxygens (including phenoxy) is 2. The first-order chi connectivity index (χ1) is 13.4. The Labute approximate surface area is 165 Å². The fourth-order valence-corrected chi connectivity index (χ4v) is 4.71. The molecule has 0 aliphatic carbocycles. The highest BCUT2D eigenvalue weighted by Crippen LogP contribution is 2.30. The third-order valence-electron chi connectivity index (χ3n) is 4.57. The standard InChI is InChI=1S/C20H24N2O5S/c1-16-8-9-18(26-2)19(14-16)28(24,25)22(17-6-4-3-5-7-17)15-20(23)21-10-12-27-13-11-21/h3-9,14H,10-13,15H2,1-2H3. The molecular formula is C20H24N2O5S. The largest absolute Gasteiger partial charge is 0.495 e. The molecule has 1 saturated heterocycles. The van der Waals surface area contributed by atoms with Gasteiger partial charge >= 0.3 is 0 Å². The summed E-state index contributed by atoms with van der Waals surface area (Å²) in [4.78, 5) is 14.5. The zero-order valence-corrected chi connectivity index (χ0v) is 16.8. The number of para-hydroxylation sites is 1. The van der Waals surface area contributed by atoms with Gasteiger partial charge in [-0.25, -0.2) is 8.42 Å². The Kier molecular flexibility index (Phi) is 6.21. The average molecular weight is 404 g/mol. The van der Waals surface area contributed by atoms with Crippen LogP contribution in [0.25, 0.3) is 0 Å². The highest BCUT2D eigenvalue weighted by Gasteiger charge is 2.31. The van der Waals surface area contributed by atoms with Crippen molar-refractivity contribution < 1.29 is 22.7 Å². The molecule has 2 aromatic carbocycles. The molecule has 0 radical (unpaired) electrons. The number of sulfonamides is 1. The third kappa shape index (κ3) is 4.28. The van der Waals surface area contributed by atoms with Crippen LogP contribution in [0.2, 0.25) is 0 Å². The van der Waals surface area contributed by atoms with Crippen LogP contribution in [0.3, 0.4) is 0 Å². The minimum atomic E-state index is -4.02. The number of carbonyl (C=O) groups excluding carboxylic acids is 1. The molecule has 2 aromatic rings. The van der Waals surface area contributed by atoms with Crippen molar-refractivity contribution in [2.45, 2.75) is 11.8 Å². The van der Waals surface area contributed by atoms with E-state index in [9.17, 15) is 13.2 Å². The van der Waals surface area contributed by atoms with Gasteiger partial charge in [0.15, 0.2) is 0 Å². The monoisotopic (exact) mass is 404 g/mol. The molecule has 150 valence electrons. The first kappa shape index (κ1) is 20.2.